The van der Waals surface area contributed by atoms with Crippen molar-refractivity contribution in [2.24, 2.45) is 0 Å². The maximum Gasteiger partial charge on any atom is 0.409 e. The third kappa shape index (κ3) is 1.88. The number of cyclic esters (lactones) is 1. The summed E-state index contributed by atoms with van der Waals surface area (Å²) < 4.78 is 4.86. The molecule has 0 radical (unpaired) electrons. The van der Waals surface area contributed by atoms with Gasteiger partial charge in [0.05, 0.1) is 6.61 Å². The number of rotatable bonds is 3. The van der Waals surface area contributed by atoms with Crippen molar-refractivity contribution in [3.8, 4) is 0 Å². The molecule has 70 valence electrons. The van der Waals surface area contributed by atoms with E-state index < -0.39 is 0 Å². The summed E-state index contributed by atoms with van der Waals surface area (Å²) in [6, 6.07) is 0.168. The number of ether oxygens (including phenoxy) is 1. The Kier molecular flexibility index (Phi) is 3.34. The average molecular weight is 173 g/mol. The number of hydrogen-bond donors (Lipinski definition) is 1. The lowest BCUT2D eigenvalue weighted by atomic mass is 10.1. The first kappa shape index (κ1) is 9.32. The molecule has 4 heteroatoms. The zero-order valence-corrected chi connectivity index (χ0v) is 7.32. The highest BCUT2D eigenvalue weighted by atomic mass is 16.6. The van der Waals surface area contributed by atoms with E-state index in [9.17, 15) is 4.79 Å². The van der Waals surface area contributed by atoms with E-state index in [4.69, 9.17) is 9.84 Å². The molecule has 1 atom stereocenters. The summed E-state index contributed by atoms with van der Waals surface area (Å²) >= 11 is 0. The maximum absolute atomic E-state index is 11.1. The molecule has 1 N–H and O–H groups in total. The molecular weight excluding hydrogens is 158 g/mol. The van der Waals surface area contributed by atoms with Crippen LogP contribution in [0.4, 0.5) is 4.79 Å². The van der Waals surface area contributed by atoms with E-state index in [0.717, 1.165) is 6.42 Å². The summed E-state index contributed by atoms with van der Waals surface area (Å²) in [4.78, 5) is 12.8. The second kappa shape index (κ2) is 4.30. The van der Waals surface area contributed by atoms with Gasteiger partial charge in [-0.15, -0.1) is 0 Å². The number of carbonyl (C=O) groups is 1. The number of hydrogen-bond acceptors (Lipinski definition) is 3. The molecule has 1 fully saturated rings. The van der Waals surface area contributed by atoms with Crippen molar-refractivity contribution >= 4 is 6.09 Å². The normalized spacial score (nSPS) is 24.0. The van der Waals surface area contributed by atoms with Crippen LogP contribution in [0.15, 0.2) is 0 Å². The molecule has 1 amide bonds. The summed E-state index contributed by atoms with van der Waals surface area (Å²) in [5.41, 5.74) is 0. The van der Waals surface area contributed by atoms with E-state index in [1.807, 2.05) is 6.92 Å². The molecule has 1 aliphatic rings. The smallest absolute Gasteiger partial charge is 0.409 e. The minimum absolute atomic E-state index is 0.133. The first-order chi connectivity index (χ1) is 5.79. The SMILES string of the molecule is CCN1C(=O)OCCC1CCO. The Bertz CT molecular complexity index is 158. The largest absolute Gasteiger partial charge is 0.449 e. The van der Waals surface area contributed by atoms with Crippen LogP contribution in [0.2, 0.25) is 0 Å². The minimum atomic E-state index is -0.248. The molecule has 1 rings (SSSR count). The van der Waals surface area contributed by atoms with Gasteiger partial charge in [0.1, 0.15) is 0 Å². The van der Waals surface area contributed by atoms with Gasteiger partial charge in [0.15, 0.2) is 0 Å². The monoisotopic (exact) mass is 173 g/mol. The van der Waals surface area contributed by atoms with Crippen LogP contribution in [0.1, 0.15) is 19.8 Å². The molecule has 0 aromatic carbocycles. The molecule has 0 aromatic rings. The summed E-state index contributed by atoms with van der Waals surface area (Å²) in [6.45, 7) is 3.19. The molecule has 1 heterocycles. The average Bonchev–Trinajstić information content (AvgIpc) is 2.05. The predicted octanol–water partition coefficient (Wildman–Crippen LogP) is 0.600. The lowest BCUT2D eigenvalue weighted by Gasteiger charge is -2.33. The minimum Gasteiger partial charge on any atom is -0.449 e. The fourth-order valence-electron chi connectivity index (χ4n) is 1.51. The fraction of sp³-hybridized carbons (Fsp3) is 0.875. The summed E-state index contributed by atoms with van der Waals surface area (Å²) in [5.74, 6) is 0. The summed E-state index contributed by atoms with van der Waals surface area (Å²) in [5, 5.41) is 8.74. The third-order valence-corrected chi connectivity index (χ3v) is 2.15. The molecular formula is C8H15NO3. The lowest BCUT2D eigenvalue weighted by Crippen LogP contribution is -2.45. The van der Waals surface area contributed by atoms with Crippen LogP contribution in [0.3, 0.4) is 0 Å². The van der Waals surface area contributed by atoms with Gasteiger partial charge in [-0.05, 0) is 13.3 Å². The van der Waals surface area contributed by atoms with Crippen LogP contribution < -0.4 is 0 Å². The molecule has 4 nitrogen and oxygen atoms in total. The zero-order valence-electron chi connectivity index (χ0n) is 7.32. The van der Waals surface area contributed by atoms with Crippen molar-refractivity contribution in [2.45, 2.75) is 25.8 Å². The van der Waals surface area contributed by atoms with Gasteiger partial charge in [-0.1, -0.05) is 0 Å². The van der Waals surface area contributed by atoms with Gasteiger partial charge >= 0.3 is 6.09 Å². The standard InChI is InChI=1S/C8H15NO3/c1-2-9-7(3-5-10)4-6-12-8(9)11/h7,10H,2-6H2,1H3. The van der Waals surface area contributed by atoms with E-state index in [1.54, 1.807) is 4.90 Å². The molecule has 0 saturated carbocycles. The van der Waals surface area contributed by atoms with Crippen LogP contribution in [0.5, 0.6) is 0 Å². The topological polar surface area (TPSA) is 49.8 Å². The van der Waals surface area contributed by atoms with Crippen LogP contribution in [-0.4, -0.2) is 41.9 Å². The highest BCUT2D eigenvalue weighted by molar-refractivity contribution is 5.68. The van der Waals surface area contributed by atoms with Gasteiger partial charge in [0.2, 0.25) is 0 Å². The van der Waals surface area contributed by atoms with Crippen molar-refractivity contribution in [3.05, 3.63) is 0 Å². The lowest BCUT2D eigenvalue weighted by molar-refractivity contribution is 0.0393. The Morgan fingerprint density at radius 2 is 2.50 bits per heavy atom. The Hall–Kier alpha value is -0.770. The molecule has 0 aliphatic carbocycles. The van der Waals surface area contributed by atoms with Gasteiger partial charge in [0, 0.05) is 25.6 Å². The van der Waals surface area contributed by atoms with Gasteiger partial charge in [-0.25, -0.2) is 4.79 Å². The van der Waals surface area contributed by atoms with E-state index >= 15 is 0 Å². The van der Waals surface area contributed by atoms with Crippen molar-refractivity contribution < 1.29 is 14.6 Å². The quantitative estimate of drug-likeness (QED) is 0.680. The third-order valence-electron chi connectivity index (χ3n) is 2.15. The molecule has 1 unspecified atom stereocenters. The molecule has 1 saturated heterocycles. The van der Waals surface area contributed by atoms with Gasteiger partial charge in [0.25, 0.3) is 0 Å². The van der Waals surface area contributed by atoms with Crippen LogP contribution in [0.25, 0.3) is 0 Å². The fourth-order valence-corrected chi connectivity index (χ4v) is 1.51. The number of amides is 1. The second-order valence-corrected chi connectivity index (χ2v) is 2.86. The van der Waals surface area contributed by atoms with Crippen molar-refractivity contribution in [1.82, 2.24) is 4.90 Å². The Labute approximate surface area is 72.1 Å². The predicted molar refractivity (Wildman–Crippen MR) is 43.8 cm³/mol. The Morgan fingerprint density at radius 3 is 3.08 bits per heavy atom. The van der Waals surface area contributed by atoms with Crippen LogP contribution >= 0.6 is 0 Å². The molecule has 12 heavy (non-hydrogen) atoms. The first-order valence-corrected chi connectivity index (χ1v) is 4.33. The number of nitrogens with zero attached hydrogens (tertiary/aromatic N) is 1. The summed E-state index contributed by atoms with van der Waals surface area (Å²) in [6.07, 6.45) is 1.24. The van der Waals surface area contributed by atoms with E-state index in [1.165, 1.54) is 0 Å². The van der Waals surface area contributed by atoms with Gasteiger partial charge in [-0.2, -0.15) is 0 Å². The Balaban J connectivity index is 2.51. The van der Waals surface area contributed by atoms with Crippen LogP contribution in [-0.2, 0) is 4.74 Å². The Morgan fingerprint density at radius 1 is 1.75 bits per heavy atom. The molecule has 0 bridgehead atoms. The molecule has 0 spiro atoms. The molecule has 1 aliphatic heterocycles. The van der Waals surface area contributed by atoms with Crippen molar-refractivity contribution in [1.29, 1.82) is 0 Å². The van der Waals surface area contributed by atoms with E-state index in [-0.39, 0.29) is 18.7 Å². The van der Waals surface area contributed by atoms with E-state index in [0.29, 0.717) is 19.6 Å². The van der Waals surface area contributed by atoms with Crippen LogP contribution in [0, 0.1) is 0 Å². The molecule has 0 aromatic heterocycles. The zero-order chi connectivity index (χ0) is 8.97. The highest BCUT2D eigenvalue weighted by Crippen LogP contribution is 2.15. The summed E-state index contributed by atoms with van der Waals surface area (Å²) in [7, 11) is 0. The number of carbonyl (C=O) groups excluding carboxylic acids is 1. The van der Waals surface area contributed by atoms with Gasteiger partial charge < -0.3 is 14.7 Å². The maximum atomic E-state index is 11.1. The van der Waals surface area contributed by atoms with Gasteiger partial charge in [-0.3, -0.25) is 0 Å². The van der Waals surface area contributed by atoms with E-state index in [2.05, 4.69) is 0 Å². The highest BCUT2D eigenvalue weighted by Gasteiger charge is 2.27. The first-order valence-electron chi connectivity index (χ1n) is 4.33. The van der Waals surface area contributed by atoms with Crippen molar-refractivity contribution in [3.63, 3.8) is 0 Å². The number of aliphatic hydroxyl groups is 1. The number of aliphatic hydroxyl groups excluding tert-OH is 1. The second-order valence-electron chi connectivity index (χ2n) is 2.86. The van der Waals surface area contributed by atoms with Crippen molar-refractivity contribution in [2.75, 3.05) is 19.8 Å².